The first-order chi connectivity index (χ1) is 4.98. The molecular weight excluding hydrogens is 208 g/mol. The molecule has 0 radical (unpaired) electrons. The van der Waals surface area contributed by atoms with Gasteiger partial charge in [-0.3, -0.25) is 5.41 Å². The van der Waals surface area contributed by atoms with Crippen LogP contribution in [0.2, 0.25) is 0 Å². The van der Waals surface area contributed by atoms with E-state index in [0.29, 0.717) is 0 Å². The first-order valence-corrected chi connectivity index (χ1v) is 4.01. The largest absolute Gasteiger partial charge is 0.474 e. The molecule has 5 heteroatoms. The molecule has 0 rings (SSSR count). The molecule has 1 N–H and O–H groups in total. The van der Waals surface area contributed by atoms with Crippen molar-refractivity contribution < 1.29 is 4.74 Å². The van der Waals surface area contributed by atoms with Gasteiger partial charge in [-0.25, -0.2) is 0 Å². The zero-order valence-electron chi connectivity index (χ0n) is 5.90. The van der Waals surface area contributed by atoms with E-state index in [1.165, 1.54) is 0 Å². The summed E-state index contributed by atoms with van der Waals surface area (Å²) in [5, 5.41) is 7.07. The van der Waals surface area contributed by atoms with Gasteiger partial charge >= 0.3 is 0 Å². The summed E-state index contributed by atoms with van der Waals surface area (Å²) in [6, 6.07) is 0. The highest BCUT2D eigenvalue weighted by atomic mass is 35.6. The Morgan fingerprint density at radius 2 is 2.09 bits per heavy atom. The average Bonchev–Trinajstić information content (AvgIpc) is 1.86. The van der Waals surface area contributed by atoms with Crippen LogP contribution in [0.4, 0.5) is 0 Å². The topological polar surface area (TPSA) is 33.1 Å². The van der Waals surface area contributed by atoms with Crippen LogP contribution >= 0.6 is 34.8 Å². The van der Waals surface area contributed by atoms with Gasteiger partial charge in [0.2, 0.25) is 5.90 Å². The van der Waals surface area contributed by atoms with Crippen LogP contribution in [0.25, 0.3) is 0 Å². The minimum atomic E-state index is -1.75. The van der Waals surface area contributed by atoms with Gasteiger partial charge in [-0.1, -0.05) is 47.0 Å². The lowest BCUT2D eigenvalue weighted by molar-refractivity contribution is 0.340. The summed E-state index contributed by atoms with van der Waals surface area (Å²) in [5.74, 6) is -0.361. The summed E-state index contributed by atoms with van der Waals surface area (Å²) in [6.07, 6.45) is 3.50. The standard InChI is InChI=1S/C6H8Cl3NO/c1-2-3-4-11-5(10)6(7,8)9/h2-3,10H,4H2,1H3. The van der Waals surface area contributed by atoms with E-state index in [1.54, 1.807) is 12.2 Å². The SMILES string of the molecule is CC=CCOC(=N)C(Cl)(Cl)Cl. The molecule has 0 saturated carbocycles. The van der Waals surface area contributed by atoms with Crippen molar-refractivity contribution in [2.45, 2.75) is 10.7 Å². The van der Waals surface area contributed by atoms with Gasteiger partial charge in [-0.05, 0) is 6.92 Å². The highest BCUT2D eigenvalue weighted by Crippen LogP contribution is 2.27. The second kappa shape index (κ2) is 4.86. The summed E-state index contributed by atoms with van der Waals surface area (Å²) >= 11 is 16.0. The summed E-state index contributed by atoms with van der Waals surface area (Å²) in [5.41, 5.74) is 0. The number of hydrogen-bond donors (Lipinski definition) is 1. The van der Waals surface area contributed by atoms with Crippen LogP contribution < -0.4 is 0 Å². The van der Waals surface area contributed by atoms with E-state index >= 15 is 0 Å². The Bertz CT molecular complexity index is 162. The van der Waals surface area contributed by atoms with Gasteiger partial charge in [-0.15, -0.1) is 0 Å². The highest BCUT2D eigenvalue weighted by molar-refractivity contribution is 6.76. The average molecular weight is 216 g/mol. The molecule has 0 heterocycles. The third-order valence-corrected chi connectivity index (χ3v) is 1.33. The van der Waals surface area contributed by atoms with Crippen molar-refractivity contribution in [1.29, 1.82) is 5.41 Å². The van der Waals surface area contributed by atoms with Crippen LogP contribution in [-0.4, -0.2) is 16.3 Å². The fourth-order valence-electron chi connectivity index (χ4n) is 0.310. The third kappa shape index (κ3) is 5.36. The minimum absolute atomic E-state index is 0.253. The number of halogens is 3. The van der Waals surface area contributed by atoms with Crippen LogP contribution in [0, 0.1) is 5.41 Å². The lowest BCUT2D eigenvalue weighted by Gasteiger charge is -2.11. The molecule has 0 saturated heterocycles. The first kappa shape index (κ1) is 11.1. The Hall–Kier alpha value is 0.0800. The lowest BCUT2D eigenvalue weighted by Crippen LogP contribution is -2.21. The van der Waals surface area contributed by atoms with Crippen molar-refractivity contribution >= 4 is 40.7 Å². The quantitative estimate of drug-likeness (QED) is 0.327. The maximum Gasteiger partial charge on any atom is 0.265 e. The van der Waals surface area contributed by atoms with E-state index in [-0.39, 0.29) is 12.5 Å². The van der Waals surface area contributed by atoms with Gasteiger partial charge in [-0.2, -0.15) is 0 Å². The van der Waals surface area contributed by atoms with Gasteiger partial charge in [0.25, 0.3) is 3.79 Å². The Morgan fingerprint density at radius 3 is 2.45 bits per heavy atom. The number of hydrogen-bond acceptors (Lipinski definition) is 2. The van der Waals surface area contributed by atoms with Crippen molar-refractivity contribution in [1.82, 2.24) is 0 Å². The molecule has 64 valence electrons. The third-order valence-electron chi connectivity index (χ3n) is 0.817. The lowest BCUT2D eigenvalue weighted by atomic mass is 10.5. The van der Waals surface area contributed by atoms with Gasteiger partial charge in [0.1, 0.15) is 6.61 Å². The van der Waals surface area contributed by atoms with E-state index < -0.39 is 3.79 Å². The van der Waals surface area contributed by atoms with Crippen molar-refractivity contribution in [2.24, 2.45) is 0 Å². The van der Waals surface area contributed by atoms with E-state index in [2.05, 4.69) is 0 Å². The Labute approximate surface area is 80.6 Å². The molecule has 0 aliphatic rings. The number of nitrogens with one attached hydrogen (secondary N) is 1. The predicted molar refractivity (Wildman–Crippen MR) is 48.8 cm³/mol. The normalized spacial score (nSPS) is 12.0. The minimum Gasteiger partial charge on any atom is -0.474 e. The van der Waals surface area contributed by atoms with Crippen LogP contribution in [-0.2, 0) is 4.74 Å². The molecule has 11 heavy (non-hydrogen) atoms. The second-order valence-electron chi connectivity index (χ2n) is 1.71. The molecule has 2 nitrogen and oxygen atoms in total. The molecule has 0 aromatic carbocycles. The van der Waals surface area contributed by atoms with Crippen molar-refractivity contribution in [3.05, 3.63) is 12.2 Å². The molecule has 0 aromatic rings. The highest BCUT2D eigenvalue weighted by Gasteiger charge is 2.28. The second-order valence-corrected chi connectivity index (χ2v) is 3.99. The van der Waals surface area contributed by atoms with E-state index in [0.717, 1.165) is 0 Å². The van der Waals surface area contributed by atoms with E-state index in [4.69, 9.17) is 44.9 Å². The molecule has 0 atom stereocenters. The molecule has 0 aromatic heterocycles. The van der Waals surface area contributed by atoms with Crippen LogP contribution in [0.1, 0.15) is 6.92 Å². The number of ether oxygens (including phenoxy) is 1. The van der Waals surface area contributed by atoms with Gasteiger partial charge < -0.3 is 4.74 Å². The summed E-state index contributed by atoms with van der Waals surface area (Å²) in [7, 11) is 0. The molecule has 0 fully saturated rings. The van der Waals surface area contributed by atoms with E-state index in [9.17, 15) is 0 Å². The molecule has 0 aliphatic carbocycles. The summed E-state index contributed by atoms with van der Waals surface area (Å²) in [4.78, 5) is 0. The van der Waals surface area contributed by atoms with Gasteiger partial charge in [0.05, 0.1) is 0 Å². The Kier molecular flexibility index (Phi) is 4.89. The van der Waals surface area contributed by atoms with Crippen LogP contribution in [0.3, 0.4) is 0 Å². The first-order valence-electron chi connectivity index (χ1n) is 2.88. The Balaban J connectivity index is 3.71. The smallest absolute Gasteiger partial charge is 0.265 e. The van der Waals surface area contributed by atoms with Crippen LogP contribution in [0.5, 0.6) is 0 Å². The molecule has 0 spiro atoms. The number of allylic oxidation sites excluding steroid dienone is 1. The zero-order valence-corrected chi connectivity index (χ0v) is 8.17. The van der Waals surface area contributed by atoms with Gasteiger partial charge in [0.15, 0.2) is 0 Å². The van der Waals surface area contributed by atoms with E-state index in [1.807, 2.05) is 6.92 Å². The summed E-state index contributed by atoms with van der Waals surface area (Å²) in [6.45, 7) is 2.09. The zero-order chi connectivity index (χ0) is 8.91. The fourth-order valence-corrected chi connectivity index (χ4v) is 0.473. The van der Waals surface area contributed by atoms with Crippen molar-refractivity contribution in [3.8, 4) is 0 Å². The molecule has 0 bridgehead atoms. The number of rotatable bonds is 2. The number of alkyl halides is 3. The summed E-state index contributed by atoms with van der Waals surface area (Å²) < 4.78 is 3.00. The maximum atomic E-state index is 7.07. The Morgan fingerprint density at radius 1 is 1.55 bits per heavy atom. The molecule has 0 unspecified atom stereocenters. The fraction of sp³-hybridized carbons (Fsp3) is 0.500. The molecule has 0 amide bonds. The van der Waals surface area contributed by atoms with Crippen molar-refractivity contribution in [3.63, 3.8) is 0 Å². The van der Waals surface area contributed by atoms with Crippen LogP contribution in [0.15, 0.2) is 12.2 Å². The van der Waals surface area contributed by atoms with Gasteiger partial charge in [0, 0.05) is 0 Å². The predicted octanol–water partition coefficient (Wildman–Crippen LogP) is 2.93. The van der Waals surface area contributed by atoms with Crippen molar-refractivity contribution in [2.75, 3.05) is 6.61 Å². The monoisotopic (exact) mass is 215 g/mol. The molecule has 0 aliphatic heterocycles. The maximum absolute atomic E-state index is 7.07. The molecular formula is C6H8Cl3NO.